The molecule has 1 aliphatic carbocycles. The summed E-state index contributed by atoms with van der Waals surface area (Å²) in [7, 11) is 0. The summed E-state index contributed by atoms with van der Waals surface area (Å²) in [6.07, 6.45) is 3.07. The van der Waals surface area contributed by atoms with Crippen molar-refractivity contribution in [3.05, 3.63) is 34.3 Å². The van der Waals surface area contributed by atoms with Crippen LogP contribution in [-0.4, -0.2) is 5.67 Å². The van der Waals surface area contributed by atoms with E-state index in [9.17, 15) is 4.39 Å². The van der Waals surface area contributed by atoms with Crippen LogP contribution in [0, 0.1) is 0 Å². The van der Waals surface area contributed by atoms with Gasteiger partial charge in [-0.2, -0.15) is 0 Å². The molecular weight excluding hydrogens is 255 g/mol. The molecule has 0 bridgehead atoms. The van der Waals surface area contributed by atoms with Gasteiger partial charge in [0.05, 0.1) is 0 Å². The molecule has 0 saturated heterocycles. The first kappa shape index (κ1) is 11.1. The van der Waals surface area contributed by atoms with Gasteiger partial charge in [-0.3, -0.25) is 0 Å². The Balaban J connectivity index is 2.43. The molecule has 2 heteroatoms. The average Bonchev–Trinajstić information content (AvgIpc) is 1.98. The van der Waals surface area contributed by atoms with Gasteiger partial charge < -0.3 is 0 Å². The van der Waals surface area contributed by atoms with Crippen LogP contribution in [0.1, 0.15) is 38.7 Å². The number of rotatable bonds is 2. The molecule has 0 atom stereocenters. The Kier molecular flexibility index (Phi) is 2.66. The van der Waals surface area contributed by atoms with Crippen LogP contribution in [0.15, 0.2) is 28.7 Å². The molecule has 1 fully saturated rings. The van der Waals surface area contributed by atoms with Crippen molar-refractivity contribution in [2.75, 3.05) is 0 Å². The summed E-state index contributed by atoms with van der Waals surface area (Å²) in [6.45, 7) is 3.40. The SMILES string of the molecule is CC(C)(F)C1(c2cccc(Br)c2)CCC1. The van der Waals surface area contributed by atoms with Gasteiger partial charge in [0, 0.05) is 9.89 Å². The van der Waals surface area contributed by atoms with Crippen LogP contribution in [0.4, 0.5) is 4.39 Å². The van der Waals surface area contributed by atoms with Crippen molar-refractivity contribution in [2.45, 2.75) is 44.2 Å². The van der Waals surface area contributed by atoms with Crippen molar-refractivity contribution in [3.63, 3.8) is 0 Å². The van der Waals surface area contributed by atoms with Crippen LogP contribution in [-0.2, 0) is 5.41 Å². The lowest BCUT2D eigenvalue weighted by molar-refractivity contribution is 0.0268. The zero-order valence-electron chi connectivity index (χ0n) is 9.19. The maximum Gasteiger partial charge on any atom is 0.115 e. The zero-order chi connectivity index (χ0) is 11.1. The van der Waals surface area contributed by atoms with Gasteiger partial charge in [0.15, 0.2) is 0 Å². The number of hydrogen-bond acceptors (Lipinski definition) is 0. The molecule has 1 aromatic rings. The molecule has 1 aliphatic rings. The van der Waals surface area contributed by atoms with Gasteiger partial charge in [0.2, 0.25) is 0 Å². The van der Waals surface area contributed by atoms with Crippen molar-refractivity contribution >= 4 is 15.9 Å². The summed E-state index contributed by atoms with van der Waals surface area (Å²) in [4.78, 5) is 0. The Bertz CT molecular complexity index is 361. The molecule has 0 amide bonds. The van der Waals surface area contributed by atoms with Gasteiger partial charge in [-0.1, -0.05) is 34.5 Å². The normalized spacial score (nSPS) is 19.7. The highest BCUT2D eigenvalue weighted by Gasteiger charge is 2.51. The van der Waals surface area contributed by atoms with Gasteiger partial charge >= 0.3 is 0 Å². The van der Waals surface area contributed by atoms with E-state index in [1.54, 1.807) is 13.8 Å². The molecule has 0 aliphatic heterocycles. The van der Waals surface area contributed by atoms with Gasteiger partial charge in [-0.15, -0.1) is 0 Å². The lowest BCUT2D eigenvalue weighted by Gasteiger charge is -2.49. The first-order valence-electron chi connectivity index (χ1n) is 5.41. The highest BCUT2D eigenvalue weighted by molar-refractivity contribution is 9.10. The lowest BCUT2D eigenvalue weighted by Crippen LogP contribution is -2.49. The lowest BCUT2D eigenvalue weighted by atomic mass is 9.57. The topological polar surface area (TPSA) is 0 Å². The Morgan fingerprint density at radius 1 is 1.33 bits per heavy atom. The fourth-order valence-corrected chi connectivity index (χ4v) is 2.94. The molecule has 0 spiro atoms. The van der Waals surface area contributed by atoms with Gasteiger partial charge in [-0.25, -0.2) is 4.39 Å². The zero-order valence-corrected chi connectivity index (χ0v) is 10.8. The van der Waals surface area contributed by atoms with Crippen molar-refractivity contribution < 1.29 is 4.39 Å². The second-order valence-corrected chi connectivity index (χ2v) is 5.83. The Morgan fingerprint density at radius 3 is 2.40 bits per heavy atom. The standard InChI is InChI=1S/C13H16BrF/c1-12(2,15)13(7-4-8-13)10-5-3-6-11(14)9-10/h3,5-6,9H,4,7-8H2,1-2H3. The Labute approximate surface area is 99.0 Å². The second kappa shape index (κ2) is 3.58. The molecule has 0 unspecified atom stereocenters. The highest BCUT2D eigenvalue weighted by atomic mass is 79.9. The van der Waals surface area contributed by atoms with Crippen LogP contribution < -0.4 is 0 Å². The van der Waals surface area contributed by atoms with E-state index in [1.165, 1.54) is 0 Å². The first-order chi connectivity index (χ1) is 6.96. The summed E-state index contributed by atoms with van der Waals surface area (Å²) < 4.78 is 15.3. The molecule has 0 heterocycles. The minimum absolute atomic E-state index is 0.253. The molecule has 82 valence electrons. The summed E-state index contributed by atoms with van der Waals surface area (Å²) in [5.74, 6) is 0. The predicted molar refractivity (Wildman–Crippen MR) is 64.9 cm³/mol. The second-order valence-electron chi connectivity index (χ2n) is 4.92. The highest BCUT2D eigenvalue weighted by Crippen LogP contribution is 2.53. The van der Waals surface area contributed by atoms with Crippen LogP contribution >= 0.6 is 15.9 Å². The fourth-order valence-electron chi connectivity index (χ4n) is 2.54. The molecule has 0 aromatic heterocycles. The largest absolute Gasteiger partial charge is 0.244 e. The molecule has 1 aromatic carbocycles. The molecule has 0 N–H and O–H groups in total. The van der Waals surface area contributed by atoms with Crippen molar-refractivity contribution in [1.29, 1.82) is 0 Å². The molecule has 1 saturated carbocycles. The number of halogens is 2. The Hall–Kier alpha value is -0.370. The predicted octanol–water partition coefficient (Wildman–Crippen LogP) is 4.62. The maximum atomic E-state index is 14.3. The molecule has 15 heavy (non-hydrogen) atoms. The van der Waals surface area contributed by atoms with Crippen molar-refractivity contribution in [2.24, 2.45) is 0 Å². The third-order valence-corrected chi connectivity index (χ3v) is 4.22. The van der Waals surface area contributed by atoms with Gasteiger partial charge in [0.25, 0.3) is 0 Å². The van der Waals surface area contributed by atoms with Crippen LogP contribution in [0.25, 0.3) is 0 Å². The van der Waals surface area contributed by atoms with E-state index in [0.717, 1.165) is 29.3 Å². The van der Waals surface area contributed by atoms with Crippen LogP contribution in [0.2, 0.25) is 0 Å². The number of alkyl halides is 1. The van der Waals surface area contributed by atoms with Gasteiger partial charge in [0.1, 0.15) is 5.67 Å². The van der Waals surface area contributed by atoms with E-state index >= 15 is 0 Å². The van der Waals surface area contributed by atoms with E-state index < -0.39 is 5.67 Å². The maximum absolute atomic E-state index is 14.3. The average molecular weight is 271 g/mol. The smallest absolute Gasteiger partial charge is 0.115 e. The van der Waals surface area contributed by atoms with Crippen molar-refractivity contribution in [3.8, 4) is 0 Å². The van der Waals surface area contributed by atoms with Crippen LogP contribution in [0.5, 0.6) is 0 Å². The third kappa shape index (κ3) is 1.73. The molecular formula is C13H16BrF. The Morgan fingerprint density at radius 2 is 2.00 bits per heavy atom. The molecule has 0 radical (unpaired) electrons. The van der Waals surface area contributed by atoms with E-state index in [-0.39, 0.29) is 5.41 Å². The van der Waals surface area contributed by atoms with E-state index in [1.807, 2.05) is 18.2 Å². The summed E-state index contributed by atoms with van der Waals surface area (Å²) in [5.41, 5.74) is -0.251. The molecule has 0 nitrogen and oxygen atoms in total. The number of hydrogen-bond donors (Lipinski definition) is 0. The van der Waals surface area contributed by atoms with E-state index in [0.29, 0.717) is 0 Å². The first-order valence-corrected chi connectivity index (χ1v) is 6.20. The quantitative estimate of drug-likeness (QED) is 0.736. The minimum Gasteiger partial charge on any atom is -0.244 e. The fraction of sp³-hybridized carbons (Fsp3) is 0.538. The molecule has 2 rings (SSSR count). The summed E-state index contributed by atoms with van der Waals surface area (Å²) in [6, 6.07) is 8.08. The minimum atomic E-state index is -1.13. The van der Waals surface area contributed by atoms with E-state index in [4.69, 9.17) is 0 Å². The summed E-state index contributed by atoms with van der Waals surface area (Å²) in [5, 5.41) is 0. The van der Waals surface area contributed by atoms with Crippen molar-refractivity contribution in [1.82, 2.24) is 0 Å². The van der Waals surface area contributed by atoms with Gasteiger partial charge in [-0.05, 0) is 44.4 Å². The monoisotopic (exact) mass is 270 g/mol. The number of benzene rings is 1. The van der Waals surface area contributed by atoms with Crippen LogP contribution in [0.3, 0.4) is 0 Å². The third-order valence-electron chi connectivity index (χ3n) is 3.72. The summed E-state index contributed by atoms with van der Waals surface area (Å²) >= 11 is 3.45. The van der Waals surface area contributed by atoms with E-state index in [2.05, 4.69) is 22.0 Å².